The number of carboxylic acid groups (broad SMARTS) is 1. The summed E-state index contributed by atoms with van der Waals surface area (Å²) in [4.78, 5) is 28.3. The topological polar surface area (TPSA) is 146 Å². The first-order valence-corrected chi connectivity index (χ1v) is 15.4. The van der Waals surface area contributed by atoms with E-state index in [1.165, 1.54) is 61.2 Å². The van der Waals surface area contributed by atoms with Crippen LogP contribution in [0.4, 0.5) is 0 Å². The molecule has 0 spiro atoms. The number of aryl methyl sites for hydroxylation is 2. The van der Waals surface area contributed by atoms with Gasteiger partial charge in [-0.3, -0.25) is 19.9 Å². The first kappa shape index (κ1) is 40.8. The number of aromatic carboxylic acids is 1. The van der Waals surface area contributed by atoms with Gasteiger partial charge in [0.25, 0.3) is 0 Å². The maximum absolute atomic E-state index is 10.6. The molecule has 8 rings (SSSR count). The second kappa shape index (κ2) is 19.1. The van der Waals surface area contributed by atoms with Crippen LogP contribution in [0.25, 0.3) is 77.2 Å². The maximum atomic E-state index is 10.6. The molecule has 0 saturated heterocycles. The van der Waals surface area contributed by atoms with Crippen LogP contribution in [0, 0.1) is 0 Å². The van der Waals surface area contributed by atoms with E-state index in [1.54, 1.807) is 18.3 Å². The summed E-state index contributed by atoms with van der Waals surface area (Å²) >= 11 is 7.40. The summed E-state index contributed by atoms with van der Waals surface area (Å²) in [5, 5.41) is 32.5. The van der Waals surface area contributed by atoms with Crippen molar-refractivity contribution in [2.45, 2.75) is 0 Å². The van der Waals surface area contributed by atoms with Crippen molar-refractivity contribution in [3.63, 3.8) is 0 Å². The van der Waals surface area contributed by atoms with Gasteiger partial charge in [-0.15, -0.1) is 0 Å². The molecule has 8 aromatic rings. The Morgan fingerprint density at radius 3 is 1.84 bits per heavy atom. The molecule has 0 radical (unpaired) electrons. The smallest absolute Gasteiger partial charge is 0.753 e. The Bertz CT molecular complexity index is 2520. The van der Waals surface area contributed by atoms with Gasteiger partial charge in [-0.1, -0.05) is 66.9 Å². The Kier molecular flexibility index (Phi) is 15.3. The summed E-state index contributed by atoms with van der Waals surface area (Å²) < 4.78 is 4.42. The fourth-order valence-electron chi connectivity index (χ4n) is 5.71. The van der Waals surface area contributed by atoms with Crippen LogP contribution < -0.4 is 34.7 Å². The van der Waals surface area contributed by atoms with Gasteiger partial charge >= 0.3 is 49.0 Å². The van der Waals surface area contributed by atoms with Crippen LogP contribution in [0.5, 0.6) is 0 Å². The van der Waals surface area contributed by atoms with Crippen molar-refractivity contribution in [1.82, 2.24) is 29.1 Å². The summed E-state index contributed by atoms with van der Waals surface area (Å²) in [6, 6.07) is 29.4. The third-order valence-corrected chi connectivity index (χ3v) is 7.78. The predicted octanol–water partition coefficient (Wildman–Crippen LogP) is 4.26. The van der Waals surface area contributed by atoms with Gasteiger partial charge in [0.05, 0.1) is 40.3 Å². The van der Waals surface area contributed by atoms with Crippen molar-refractivity contribution in [3.8, 4) is 22.8 Å². The van der Waals surface area contributed by atoms with Gasteiger partial charge in [-0.05, 0) is 48.5 Å². The molecule has 0 aliphatic carbocycles. The van der Waals surface area contributed by atoms with E-state index in [0.29, 0.717) is 11.4 Å². The van der Waals surface area contributed by atoms with Crippen molar-refractivity contribution >= 4 is 84.3 Å². The third-order valence-electron chi connectivity index (χ3n) is 7.78. The van der Waals surface area contributed by atoms with Gasteiger partial charge in [-0.2, -0.15) is 10.3 Å². The Morgan fingerprint density at radius 2 is 1.22 bits per heavy atom. The number of isothiocyanates is 2. The Labute approximate surface area is 338 Å². The van der Waals surface area contributed by atoms with E-state index in [2.05, 4.69) is 118 Å². The number of fused-ring (bicyclic) bond motifs is 6. The number of benzene rings is 2. The van der Waals surface area contributed by atoms with Crippen molar-refractivity contribution in [1.29, 1.82) is 0 Å². The second-order valence-corrected chi connectivity index (χ2v) is 10.8. The normalized spacial score (nSPS) is 9.76. The molecular weight excluding hydrogens is 777 g/mol. The molecule has 0 atom stereocenters. The predicted molar refractivity (Wildman–Crippen MR) is 199 cm³/mol. The molecule has 0 aliphatic rings. The largest absolute Gasteiger partial charge is 2.00 e. The summed E-state index contributed by atoms with van der Waals surface area (Å²) in [5.41, 5.74) is 7.77. The number of carboxylic acids is 1. The minimum Gasteiger partial charge on any atom is -0.753 e. The standard InChI is InChI=1S/C24H18N4.C11H8N2O2.2CNS.Na.Ru/c1-27-20-9-5-4-8-16(20)18-13-19(26-14-22(18)27)23-24-17(11-12-25-23)15-7-3-6-10-21(15)28(24)2;14-11(15)8-4-6-13-10(7-8)9-3-1-2-5-12-9;2*2-1-3;;/h3-14H,1-2H3;1-7H,(H,14,15);;;;/q;;2*-1;+1;+2/p-1. The van der Waals surface area contributed by atoms with E-state index in [9.17, 15) is 9.90 Å². The number of nitrogens with zero attached hydrogens (tertiary/aromatic N) is 8. The molecule has 0 aliphatic heterocycles. The number of thiocarbonyl (C=S) groups is 2. The van der Waals surface area contributed by atoms with Crippen LogP contribution in [0.2, 0.25) is 0 Å². The fourth-order valence-corrected chi connectivity index (χ4v) is 5.71. The quantitative estimate of drug-likeness (QED) is 0.147. The number of para-hydroxylation sites is 2. The molecule has 6 aromatic heterocycles. The summed E-state index contributed by atoms with van der Waals surface area (Å²) in [5.74, 6) is -1.21. The number of carbonyl (C=O) groups excluding carboxylic acids is 1. The second-order valence-electron chi connectivity index (χ2n) is 10.4. The molecule has 0 unspecified atom stereocenters. The van der Waals surface area contributed by atoms with Crippen LogP contribution in [0.15, 0.2) is 116 Å². The minimum atomic E-state index is -1.21. The summed E-state index contributed by atoms with van der Waals surface area (Å²) in [6.45, 7) is 0. The van der Waals surface area contributed by atoms with Crippen molar-refractivity contribution in [3.05, 3.63) is 132 Å². The van der Waals surface area contributed by atoms with E-state index < -0.39 is 5.97 Å². The van der Waals surface area contributed by atoms with E-state index in [0.717, 1.165) is 22.4 Å². The van der Waals surface area contributed by atoms with E-state index >= 15 is 0 Å². The van der Waals surface area contributed by atoms with E-state index in [4.69, 9.17) is 20.8 Å². The number of hydrogen-bond donors (Lipinski definition) is 0. The zero-order chi connectivity index (χ0) is 34.9. The first-order chi connectivity index (χ1) is 23.8. The van der Waals surface area contributed by atoms with Crippen molar-refractivity contribution in [2.75, 3.05) is 0 Å². The van der Waals surface area contributed by atoms with Crippen LogP contribution >= 0.6 is 24.4 Å². The number of hydrogen-bond acceptors (Lipinski definition) is 8. The SMILES string of the molecule is Cn1c2ccccc2c2cc(-c3nccc4c5ccccc5n(C)c34)ncc21.O=C([O-])c1ccnc(-c2ccccn2)c1.[N-]=C=S.[N-]=C=S.[Na+].[Ru+2]. The molecule has 0 N–H and O–H groups in total. The van der Waals surface area contributed by atoms with Crippen LogP contribution in [-0.4, -0.2) is 45.4 Å². The average Bonchev–Trinajstić information content (AvgIpc) is 3.60. The third kappa shape index (κ3) is 8.80. The molecule has 6 heterocycles. The Hall–Kier alpha value is -4.67. The van der Waals surface area contributed by atoms with Crippen molar-refractivity contribution in [2.24, 2.45) is 14.1 Å². The van der Waals surface area contributed by atoms with Gasteiger partial charge < -0.3 is 29.9 Å². The Balaban J connectivity index is 0.000000260. The summed E-state index contributed by atoms with van der Waals surface area (Å²) in [7, 11) is 4.20. The minimum absolute atomic E-state index is 0. The van der Waals surface area contributed by atoms with Gasteiger partial charge in [0.2, 0.25) is 0 Å². The molecule has 10 nitrogen and oxygen atoms in total. The van der Waals surface area contributed by atoms with Gasteiger partial charge in [0.1, 0.15) is 5.69 Å². The first-order valence-electron chi connectivity index (χ1n) is 14.6. The number of pyridine rings is 4. The van der Waals surface area contributed by atoms with Crippen LogP contribution in [0.1, 0.15) is 10.4 Å². The zero-order valence-corrected chi connectivity index (χ0v) is 32.9. The maximum Gasteiger partial charge on any atom is 2.00 e. The Morgan fingerprint density at radius 1 is 0.647 bits per heavy atom. The number of carbonyl (C=O) groups is 1. The number of rotatable bonds is 3. The monoisotopic (exact) mass is 802 g/mol. The van der Waals surface area contributed by atoms with Gasteiger partial charge in [0, 0.05) is 70.8 Å². The fraction of sp³-hybridized carbons (Fsp3) is 0.0541. The summed E-state index contributed by atoms with van der Waals surface area (Å²) in [6.07, 6.45) is 6.91. The molecule has 0 saturated carbocycles. The average molecular weight is 802 g/mol. The van der Waals surface area contributed by atoms with Crippen LogP contribution in [-0.2, 0) is 33.6 Å². The van der Waals surface area contributed by atoms with Crippen LogP contribution in [0.3, 0.4) is 0 Å². The van der Waals surface area contributed by atoms with Gasteiger partial charge in [-0.25, -0.2) is 0 Å². The number of aromatic nitrogens is 6. The van der Waals surface area contributed by atoms with E-state index in [-0.39, 0.29) is 54.6 Å². The molecule has 246 valence electrons. The molecule has 14 heteroatoms. The molecule has 2 aromatic carbocycles. The van der Waals surface area contributed by atoms with Gasteiger partial charge in [0.15, 0.2) is 0 Å². The molecule has 0 bridgehead atoms. The molecule has 0 amide bonds. The van der Waals surface area contributed by atoms with E-state index in [1.807, 2.05) is 18.5 Å². The van der Waals surface area contributed by atoms with Crippen molar-refractivity contribution < 1.29 is 58.9 Å². The molecular formula is C37H25N8NaO2RuS2. The molecule has 51 heavy (non-hydrogen) atoms. The molecule has 0 fully saturated rings. The zero-order valence-electron chi connectivity index (χ0n) is 27.5.